The van der Waals surface area contributed by atoms with Gasteiger partial charge in [0.15, 0.2) is 11.5 Å². The zero-order valence-electron chi connectivity index (χ0n) is 14.0. The number of carbonyl (C=O) groups is 1. The number of rotatable bonds is 6. The van der Waals surface area contributed by atoms with Gasteiger partial charge in [-0.15, -0.1) is 13.2 Å². The van der Waals surface area contributed by atoms with Crippen LogP contribution in [0.1, 0.15) is 34.7 Å². The molecule has 5 nitrogen and oxygen atoms in total. The SMILES string of the molecule is COc1cc(OC(F)(F)F)ccc1Oc1cc(C2CC2)c(F)cc1C(=O)O. The molecule has 0 atom stereocenters. The average molecular weight is 386 g/mol. The Balaban J connectivity index is 1.96. The Labute approximate surface area is 151 Å². The number of halogens is 4. The van der Waals surface area contributed by atoms with Crippen LogP contribution < -0.4 is 14.2 Å². The number of ether oxygens (including phenoxy) is 3. The van der Waals surface area contributed by atoms with Gasteiger partial charge in [-0.3, -0.25) is 0 Å². The van der Waals surface area contributed by atoms with Crippen LogP contribution in [0.25, 0.3) is 0 Å². The quantitative estimate of drug-likeness (QED) is 0.700. The van der Waals surface area contributed by atoms with Crippen LogP contribution in [0.4, 0.5) is 17.6 Å². The maximum absolute atomic E-state index is 14.1. The lowest BCUT2D eigenvalue weighted by atomic mass is 10.1. The van der Waals surface area contributed by atoms with Gasteiger partial charge in [-0.05, 0) is 48.6 Å². The van der Waals surface area contributed by atoms with E-state index in [1.807, 2.05) is 0 Å². The van der Waals surface area contributed by atoms with Crippen molar-refractivity contribution in [2.45, 2.75) is 25.1 Å². The Hall–Kier alpha value is -2.97. The highest BCUT2D eigenvalue weighted by Crippen LogP contribution is 2.44. The molecule has 9 heteroatoms. The van der Waals surface area contributed by atoms with Gasteiger partial charge in [0, 0.05) is 6.07 Å². The topological polar surface area (TPSA) is 65.0 Å². The summed E-state index contributed by atoms with van der Waals surface area (Å²) >= 11 is 0. The minimum Gasteiger partial charge on any atom is -0.493 e. The van der Waals surface area contributed by atoms with Crippen molar-refractivity contribution >= 4 is 5.97 Å². The van der Waals surface area contributed by atoms with E-state index in [9.17, 15) is 27.5 Å². The van der Waals surface area contributed by atoms with E-state index >= 15 is 0 Å². The largest absolute Gasteiger partial charge is 0.573 e. The molecule has 0 heterocycles. The fourth-order valence-corrected chi connectivity index (χ4v) is 2.58. The van der Waals surface area contributed by atoms with Crippen LogP contribution in [0, 0.1) is 5.82 Å². The first kappa shape index (κ1) is 18.8. The average Bonchev–Trinajstić information content (AvgIpc) is 3.40. The number of carboxylic acid groups (broad SMARTS) is 1. The van der Waals surface area contributed by atoms with E-state index in [0.717, 1.165) is 37.1 Å². The van der Waals surface area contributed by atoms with Crippen LogP contribution in [0.15, 0.2) is 30.3 Å². The molecule has 0 saturated heterocycles. The summed E-state index contributed by atoms with van der Waals surface area (Å²) in [5.41, 5.74) is -0.0689. The Morgan fingerprint density at radius 1 is 1.11 bits per heavy atom. The highest BCUT2D eigenvalue weighted by atomic mass is 19.4. The van der Waals surface area contributed by atoms with E-state index in [1.54, 1.807) is 0 Å². The van der Waals surface area contributed by atoms with Crippen molar-refractivity contribution in [2.75, 3.05) is 7.11 Å². The maximum Gasteiger partial charge on any atom is 0.573 e. The lowest BCUT2D eigenvalue weighted by molar-refractivity contribution is -0.274. The third kappa shape index (κ3) is 4.42. The summed E-state index contributed by atoms with van der Waals surface area (Å²) in [6.45, 7) is 0. The van der Waals surface area contributed by atoms with E-state index in [4.69, 9.17) is 9.47 Å². The van der Waals surface area contributed by atoms with Crippen molar-refractivity contribution in [3.8, 4) is 23.0 Å². The molecule has 0 spiro atoms. The minimum absolute atomic E-state index is 0.000322. The first-order chi connectivity index (χ1) is 12.7. The van der Waals surface area contributed by atoms with Crippen molar-refractivity contribution in [3.63, 3.8) is 0 Å². The van der Waals surface area contributed by atoms with E-state index in [0.29, 0.717) is 5.56 Å². The summed E-state index contributed by atoms with van der Waals surface area (Å²) in [5, 5.41) is 9.29. The first-order valence-corrected chi connectivity index (χ1v) is 7.86. The number of alkyl halides is 3. The number of hydrogen-bond acceptors (Lipinski definition) is 4. The van der Waals surface area contributed by atoms with Gasteiger partial charge in [-0.25, -0.2) is 9.18 Å². The minimum atomic E-state index is -4.88. The maximum atomic E-state index is 14.1. The smallest absolute Gasteiger partial charge is 0.493 e. The molecule has 1 fully saturated rings. The van der Waals surface area contributed by atoms with Gasteiger partial charge in [-0.2, -0.15) is 0 Å². The zero-order chi connectivity index (χ0) is 19.8. The molecule has 144 valence electrons. The van der Waals surface area contributed by atoms with Crippen LogP contribution in [0.3, 0.4) is 0 Å². The summed E-state index contributed by atoms with van der Waals surface area (Å²) < 4.78 is 65.5. The van der Waals surface area contributed by atoms with Crippen molar-refractivity contribution in [1.82, 2.24) is 0 Å². The summed E-state index contributed by atoms with van der Waals surface area (Å²) in [6.07, 6.45) is -3.30. The second kappa shape index (κ2) is 6.98. The fourth-order valence-electron chi connectivity index (χ4n) is 2.58. The monoisotopic (exact) mass is 386 g/mol. The number of benzene rings is 2. The molecule has 0 aromatic heterocycles. The molecule has 2 aromatic carbocycles. The van der Waals surface area contributed by atoms with Crippen LogP contribution >= 0.6 is 0 Å². The summed E-state index contributed by atoms with van der Waals surface area (Å²) in [4.78, 5) is 11.4. The van der Waals surface area contributed by atoms with Crippen molar-refractivity contribution < 1.29 is 41.7 Å². The molecule has 1 N–H and O–H groups in total. The van der Waals surface area contributed by atoms with Gasteiger partial charge in [0.05, 0.1) is 7.11 Å². The molecule has 27 heavy (non-hydrogen) atoms. The highest BCUT2D eigenvalue weighted by Gasteiger charge is 2.32. The normalized spacial score (nSPS) is 14.0. The van der Waals surface area contributed by atoms with Gasteiger partial charge in [0.1, 0.15) is 22.9 Å². The molecule has 0 bridgehead atoms. The van der Waals surface area contributed by atoms with Crippen molar-refractivity contribution in [3.05, 3.63) is 47.3 Å². The van der Waals surface area contributed by atoms with Gasteiger partial charge in [0.2, 0.25) is 0 Å². The van der Waals surface area contributed by atoms with E-state index < -0.39 is 29.5 Å². The Morgan fingerprint density at radius 3 is 2.37 bits per heavy atom. The molecule has 1 aliphatic carbocycles. The second-order valence-corrected chi connectivity index (χ2v) is 5.91. The standard InChI is InChI=1S/C18H14F4O5/c1-25-16-6-10(27-18(20,21)22)4-5-14(16)26-15-8-11(9-2-3-9)13(19)7-12(15)17(23)24/h4-9H,2-3H2,1H3,(H,23,24). The molecular formula is C18H14F4O5. The first-order valence-electron chi connectivity index (χ1n) is 7.86. The second-order valence-electron chi connectivity index (χ2n) is 5.91. The number of carboxylic acids is 1. The van der Waals surface area contributed by atoms with Gasteiger partial charge < -0.3 is 19.3 Å². The van der Waals surface area contributed by atoms with E-state index in [2.05, 4.69) is 4.74 Å². The molecule has 1 aliphatic rings. The third-order valence-corrected chi connectivity index (χ3v) is 3.94. The lowest BCUT2D eigenvalue weighted by Gasteiger charge is -2.15. The molecule has 0 aliphatic heterocycles. The van der Waals surface area contributed by atoms with Crippen molar-refractivity contribution in [2.24, 2.45) is 0 Å². The lowest BCUT2D eigenvalue weighted by Crippen LogP contribution is -2.17. The Kier molecular flexibility index (Phi) is 4.86. The summed E-state index contributed by atoms with van der Waals surface area (Å²) in [6, 6.07) is 5.27. The van der Waals surface area contributed by atoms with Gasteiger partial charge >= 0.3 is 12.3 Å². The molecule has 1 saturated carbocycles. The van der Waals surface area contributed by atoms with Crippen LogP contribution in [-0.4, -0.2) is 24.5 Å². The molecule has 2 aromatic rings. The molecule has 3 rings (SSSR count). The number of methoxy groups -OCH3 is 1. The fraction of sp³-hybridized carbons (Fsp3) is 0.278. The number of hydrogen-bond donors (Lipinski definition) is 1. The van der Waals surface area contributed by atoms with Crippen LogP contribution in [-0.2, 0) is 0 Å². The Morgan fingerprint density at radius 2 is 1.81 bits per heavy atom. The molecule has 0 amide bonds. The Bertz CT molecular complexity index is 875. The highest BCUT2D eigenvalue weighted by molar-refractivity contribution is 5.91. The van der Waals surface area contributed by atoms with Crippen LogP contribution in [0.2, 0.25) is 0 Å². The number of aromatic carboxylic acids is 1. The summed E-state index contributed by atoms with van der Waals surface area (Å²) in [5.74, 6) is -2.84. The summed E-state index contributed by atoms with van der Waals surface area (Å²) in [7, 11) is 1.21. The third-order valence-electron chi connectivity index (χ3n) is 3.94. The predicted molar refractivity (Wildman–Crippen MR) is 85.1 cm³/mol. The van der Waals surface area contributed by atoms with Gasteiger partial charge in [-0.1, -0.05) is 0 Å². The van der Waals surface area contributed by atoms with Crippen LogP contribution in [0.5, 0.6) is 23.0 Å². The molecular weight excluding hydrogens is 372 g/mol. The predicted octanol–water partition coefficient (Wildman–Crippen LogP) is 5.10. The van der Waals surface area contributed by atoms with E-state index in [-0.39, 0.29) is 23.2 Å². The van der Waals surface area contributed by atoms with Gasteiger partial charge in [0.25, 0.3) is 0 Å². The van der Waals surface area contributed by atoms with Crippen molar-refractivity contribution in [1.29, 1.82) is 0 Å². The zero-order valence-corrected chi connectivity index (χ0v) is 14.0. The molecule has 0 unspecified atom stereocenters. The molecule has 0 radical (unpaired) electrons. The van der Waals surface area contributed by atoms with E-state index in [1.165, 1.54) is 13.2 Å².